The van der Waals surface area contributed by atoms with E-state index in [1.54, 1.807) is 4.90 Å². The van der Waals surface area contributed by atoms with Crippen LogP contribution in [-0.4, -0.2) is 70.2 Å². The molecule has 0 radical (unpaired) electrons. The average Bonchev–Trinajstić information content (AvgIpc) is 2.78. The highest BCUT2D eigenvalue weighted by atomic mass is 35.5. The van der Waals surface area contributed by atoms with E-state index in [1.165, 1.54) is 5.56 Å². The molecule has 34 heavy (non-hydrogen) atoms. The Bertz CT molecular complexity index is 1070. The van der Waals surface area contributed by atoms with Crippen LogP contribution in [0.5, 0.6) is 0 Å². The van der Waals surface area contributed by atoms with Gasteiger partial charge in [0, 0.05) is 44.8 Å². The van der Waals surface area contributed by atoms with E-state index in [4.69, 9.17) is 22.9 Å². The van der Waals surface area contributed by atoms with Gasteiger partial charge in [0.25, 0.3) is 0 Å². The summed E-state index contributed by atoms with van der Waals surface area (Å²) >= 11 is 6.36. The molecular formula is C25H31ClN6O2. The maximum atomic E-state index is 12.7. The third-order valence-electron chi connectivity index (χ3n) is 6.06. The lowest BCUT2D eigenvalue weighted by atomic mass is 10.0. The summed E-state index contributed by atoms with van der Waals surface area (Å²) in [5.74, 6) is 0.827. The first-order valence-electron chi connectivity index (χ1n) is 11.6. The number of aromatic nitrogens is 2. The molecular weight excluding hydrogens is 452 g/mol. The van der Waals surface area contributed by atoms with E-state index in [1.807, 2.05) is 26.8 Å². The van der Waals surface area contributed by atoms with E-state index < -0.39 is 5.60 Å². The van der Waals surface area contributed by atoms with Crippen LogP contribution >= 0.6 is 11.6 Å². The van der Waals surface area contributed by atoms with Crippen LogP contribution in [0.2, 0.25) is 5.28 Å². The highest BCUT2D eigenvalue weighted by Crippen LogP contribution is 2.30. The fourth-order valence-electron chi connectivity index (χ4n) is 4.54. The van der Waals surface area contributed by atoms with Gasteiger partial charge in [-0.2, -0.15) is 0 Å². The number of hydrogen-bond donors (Lipinski definition) is 0. The largest absolute Gasteiger partial charge is 0.444 e. The van der Waals surface area contributed by atoms with Crippen molar-refractivity contribution in [1.29, 1.82) is 0 Å². The molecule has 1 saturated heterocycles. The zero-order chi connectivity index (χ0) is 24.3. The monoisotopic (exact) mass is 482 g/mol. The number of nitrogens with zero attached hydrogens (tertiary/aromatic N) is 6. The second kappa shape index (κ2) is 10.2. The Kier molecular flexibility index (Phi) is 7.24. The van der Waals surface area contributed by atoms with Gasteiger partial charge in [-0.05, 0) is 44.4 Å². The molecule has 1 amide bonds. The summed E-state index contributed by atoms with van der Waals surface area (Å²) in [6.07, 6.45) is 0.453. The van der Waals surface area contributed by atoms with Crippen molar-refractivity contribution in [2.24, 2.45) is 0 Å². The molecule has 1 fully saturated rings. The molecule has 9 heteroatoms. The van der Waals surface area contributed by atoms with Crippen LogP contribution in [0.15, 0.2) is 30.3 Å². The first-order chi connectivity index (χ1) is 16.2. The molecule has 180 valence electrons. The van der Waals surface area contributed by atoms with Gasteiger partial charge in [-0.1, -0.05) is 30.3 Å². The van der Waals surface area contributed by atoms with Gasteiger partial charge in [-0.25, -0.2) is 21.3 Å². The number of halogens is 1. The van der Waals surface area contributed by atoms with Gasteiger partial charge in [-0.15, -0.1) is 0 Å². The Hall–Kier alpha value is -2.89. The molecule has 2 aliphatic rings. The smallest absolute Gasteiger partial charge is 0.410 e. The second-order valence-corrected chi connectivity index (χ2v) is 10.1. The number of hydrogen-bond acceptors (Lipinski definition) is 6. The van der Waals surface area contributed by atoms with Crippen LogP contribution in [-0.2, 0) is 24.2 Å². The molecule has 1 unspecified atom stereocenters. The second-order valence-electron chi connectivity index (χ2n) is 9.80. The van der Waals surface area contributed by atoms with Gasteiger partial charge in [0.1, 0.15) is 17.5 Å². The molecule has 8 nitrogen and oxygen atoms in total. The molecule has 0 saturated carbocycles. The number of ether oxygens (including phenoxy) is 1. The number of fused-ring (bicyclic) bond motifs is 1. The maximum absolute atomic E-state index is 12.7. The first-order valence-corrected chi connectivity index (χ1v) is 12.0. The van der Waals surface area contributed by atoms with Crippen molar-refractivity contribution in [3.63, 3.8) is 0 Å². The third-order valence-corrected chi connectivity index (χ3v) is 6.23. The maximum Gasteiger partial charge on any atom is 0.410 e. The average molecular weight is 483 g/mol. The van der Waals surface area contributed by atoms with Crippen molar-refractivity contribution in [3.8, 4) is 0 Å². The molecule has 2 aliphatic heterocycles. The van der Waals surface area contributed by atoms with Gasteiger partial charge < -0.3 is 14.5 Å². The van der Waals surface area contributed by atoms with E-state index in [0.29, 0.717) is 26.2 Å². The van der Waals surface area contributed by atoms with Crippen molar-refractivity contribution in [2.75, 3.05) is 37.6 Å². The Morgan fingerprint density at radius 2 is 1.97 bits per heavy atom. The van der Waals surface area contributed by atoms with Gasteiger partial charge in [0.2, 0.25) is 11.8 Å². The van der Waals surface area contributed by atoms with Gasteiger partial charge >= 0.3 is 6.09 Å². The molecule has 0 N–H and O–H groups in total. The van der Waals surface area contributed by atoms with Crippen LogP contribution < -0.4 is 4.90 Å². The van der Waals surface area contributed by atoms with Gasteiger partial charge in [0.15, 0.2) is 0 Å². The zero-order valence-electron chi connectivity index (χ0n) is 20.0. The van der Waals surface area contributed by atoms with Crippen LogP contribution in [0.3, 0.4) is 0 Å². The molecule has 0 bridgehead atoms. The van der Waals surface area contributed by atoms with Crippen LogP contribution in [0.1, 0.15) is 37.6 Å². The first kappa shape index (κ1) is 24.2. The minimum Gasteiger partial charge on any atom is -0.444 e. The van der Waals surface area contributed by atoms with E-state index in [9.17, 15) is 4.79 Å². The number of anilines is 1. The predicted octanol–water partition coefficient (Wildman–Crippen LogP) is 4.03. The Labute approximate surface area is 206 Å². The van der Waals surface area contributed by atoms with Crippen LogP contribution in [0, 0.1) is 6.57 Å². The standard InChI is InChI=1S/C25H31ClN6O2/c1-25(2,3)34-24(33)32-13-12-31(16-19(32)14-27-4)22-20-10-11-30(15-18-8-6-5-7-9-18)17-21(20)28-23(26)29-22/h5-9,19H,10-17H2,1-3H3. The topological polar surface area (TPSA) is 66.2 Å². The minimum absolute atomic E-state index is 0.210. The van der Waals surface area contributed by atoms with Gasteiger partial charge in [-0.3, -0.25) is 9.80 Å². The number of carbonyl (C=O) groups is 1. The number of rotatable bonds is 4. The van der Waals surface area contributed by atoms with Crippen LogP contribution in [0.4, 0.5) is 10.6 Å². The third kappa shape index (κ3) is 5.78. The fourth-order valence-corrected chi connectivity index (χ4v) is 4.73. The molecule has 2 aromatic rings. The predicted molar refractivity (Wildman–Crippen MR) is 132 cm³/mol. The summed E-state index contributed by atoms with van der Waals surface area (Å²) < 4.78 is 5.58. The summed E-state index contributed by atoms with van der Waals surface area (Å²) in [4.78, 5) is 31.7. The van der Waals surface area contributed by atoms with Crippen LogP contribution in [0.25, 0.3) is 4.85 Å². The zero-order valence-corrected chi connectivity index (χ0v) is 20.8. The lowest BCUT2D eigenvalue weighted by Crippen LogP contribution is -2.57. The number of piperazine rings is 1. The van der Waals surface area contributed by atoms with Crippen molar-refractivity contribution < 1.29 is 9.53 Å². The normalized spacial score (nSPS) is 18.9. The minimum atomic E-state index is -0.582. The van der Waals surface area contributed by atoms with E-state index in [-0.39, 0.29) is 24.0 Å². The van der Waals surface area contributed by atoms with E-state index in [2.05, 4.69) is 48.9 Å². The van der Waals surface area contributed by atoms with Crippen molar-refractivity contribution in [1.82, 2.24) is 19.8 Å². The summed E-state index contributed by atoms with van der Waals surface area (Å²) in [5.41, 5.74) is 2.75. The molecule has 3 heterocycles. The van der Waals surface area contributed by atoms with Crippen molar-refractivity contribution >= 4 is 23.5 Å². The summed E-state index contributed by atoms with van der Waals surface area (Å²) in [5, 5.41) is 0.228. The molecule has 0 spiro atoms. The van der Waals surface area contributed by atoms with E-state index >= 15 is 0 Å². The Morgan fingerprint density at radius 3 is 2.68 bits per heavy atom. The highest BCUT2D eigenvalue weighted by Gasteiger charge is 2.37. The molecule has 1 atom stereocenters. The fraction of sp³-hybridized carbons (Fsp3) is 0.520. The molecule has 4 rings (SSSR count). The quantitative estimate of drug-likeness (QED) is 0.484. The lowest BCUT2D eigenvalue weighted by Gasteiger charge is -2.41. The van der Waals surface area contributed by atoms with Crippen molar-refractivity contribution in [2.45, 2.75) is 51.9 Å². The number of carbonyl (C=O) groups excluding carboxylic acids is 1. The van der Waals surface area contributed by atoms with E-state index in [0.717, 1.165) is 36.6 Å². The summed E-state index contributed by atoms with van der Waals surface area (Å²) in [6, 6.07) is 10.1. The molecule has 0 aliphatic carbocycles. The van der Waals surface area contributed by atoms with Crippen molar-refractivity contribution in [3.05, 3.63) is 63.9 Å². The summed E-state index contributed by atoms with van der Waals surface area (Å²) in [7, 11) is 0. The number of amides is 1. The molecule has 1 aromatic heterocycles. The Morgan fingerprint density at radius 1 is 1.21 bits per heavy atom. The van der Waals surface area contributed by atoms with Gasteiger partial charge in [0.05, 0.1) is 5.69 Å². The SMILES string of the molecule is [C-]#[N+]CC1CN(c2nc(Cl)nc3c2CCN(Cc2ccccc2)C3)CCN1C(=O)OC(C)(C)C. The molecule has 1 aromatic carbocycles. The highest BCUT2D eigenvalue weighted by molar-refractivity contribution is 6.28. The number of benzene rings is 1. The lowest BCUT2D eigenvalue weighted by molar-refractivity contribution is 0.0155. The Balaban J connectivity index is 1.52. The summed E-state index contributed by atoms with van der Waals surface area (Å²) in [6.45, 7) is 17.2.